The summed E-state index contributed by atoms with van der Waals surface area (Å²) < 4.78 is 0. The number of imide groups is 1. The number of nitrogens with zero attached hydrogens (tertiary/aromatic N) is 1. The summed E-state index contributed by atoms with van der Waals surface area (Å²) in [7, 11) is 0. The molecule has 5 nitrogen and oxygen atoms in total. The number of carbonyl (C=O) groups is 3. The Balaban J connectivity index is 2.09. The van der Waals surface area contributed by atoms with E-state index in [4.69, 9.17) is 11.6 Å². The van der Waals surface area contributed by atoms with Crippen LogP contribution in [0, 0.1) is 0 Å². The fraction of sp³-hybridized carbons (Fsp3) is 0.438. The van der Waals surface area contributed by atoms with Gasteiger partial charge in [-0.2, -0.15) is 0 Å². The van der Waals surface area contributed by atoms with Crippen LogP contribution in [0.2, 0.25) is 0 Å². The highest BCUT2D eigenvalue weighted by Gasteiger charge is 2.35. The van der Waals surface area contributed by atoms with Crippen molar-refractivity contribution in [2.24, 2.45) is 0 Å². The van der Waals surface area contributed by atoms with Gasteiger partial charge in [0.25, 0.3) is 17.1 Å². The molecule has 1 aliphatic rings. The number of benzene rings is 1. The maximum Gasteiger partial charge on any atom is 0.261 e. The molecule has 0 aliphatic carbocycles. The van der Waals surface area contributed by atoms with Gasteiger partial charge in [0, 0.05) is 18.5 Å². The maximum absolute atomic E-state index is 12.3. The Kier molecular flexibility index (Phi) is 5.32. The second-order valence-corrected chi connectivity index (χ2v) is 5.70. The highest BCUT2D eigenvalue weighted by Crippen LogP contribution is 2.24. The molecule has 2 amide bonds. The summed E-state index contributed by atoms with van der Waals surface area (Å²) in [5.74, 6) is -0.627. The summed E-state index contributed by atoms with van der Waals surface area (Å²) in [6.45, 7) is 7.61. The molecular formula is C16H20ClN2O3+. The van der Waals surface area contributed by atoms with Gasteiger partial charge in [-0.1, -0.05) is 0 Å². The first-order chi connectivity index (χ1) is 10.5. The van der Waals surface area contributed by atoms with Gasteiger partial charge in [-0.25, -0.2) is 0 Å². The van der Waals surface area contributed by atoms with Crippen molar-refractivity contribution in [3.8, 4) is 0 Å². The summed E-state index contributed by atoms with van der Waals surface area (Å²) in [4.78, 5) is 38.5. The topological polar surface area (TPSA) is 58.9 Å². The largest absolute Gasteiger partial charge is 0.335 e. The van der Waals surface area contributed by atoms with Crippen LogP contribution >= 0.6 is 11.6 Å². The molecule has 1 N–H and O–H groups in total. The van der Waals surface area contributed by atoms with Crippen molar-refractivity contribution in [2.75, 3.05) is 26.2 Å². The molecule has 6 heteroatoms. The van der Waals surface area contributed by atoms with E-state index in [0.717, 1.165) is 26.1 Å². The Bertz CT molecular complexity index is 611. The van der Waals surface area contributed by atoms with Gasteiger partial charge in [0.15, 0.2) is 0 Å². The molecule has 0 saturated carbocycles. The van der Waals surface area contributed by atoms with Crippen molar-refractivity contribution < 1.29 is 19.3 Å². The molecule has 1 aromatic rings. The highest BCUT2D eigenvalue weighted by atomic mass is 35.5. The Morgan fingerprint density at radius 2 is 1.77 bits per heavy atom. The van der Waals surface area contributed by atoms with Crippen LogP contribution in [0.4, 0.5) is 0 Å². The van der Waals surface area contributed by atoms with Gasteiger partial charge in [0.05, 0.1) is 30.8 Å². The van der Waals surface area contributed by atoms with E-state index in [9.17, 15) is 14.4 Å². The lowest BCUT2D eigenvalue weighted by Gasteiger charge is -2.18. The lowest BCUT2D eigenvalue weighted by molar-refractivity contribution is -0.896. The third-order valence-corrected chi connectivity index (χ3v) is 4.33. The van der Waals surface area contributed by atoms with Gasteiger partial charge in [0.2, 0.25) is 0 Å². The van der Waals surface area contributed by atoms with Gasteiger partial charge < -0.3 is 4.90 Å². The van der Waals surface area contributed by atoms with Crippen LogP contribution < -0.4 is 4.90 Å². The number of nitrogens with one attached hydrogen (secondary N) is 1. The summed E-state index contributed by atoms with van der Waals surface area (Å²) >= 11 is 5.42. The zero-order chi connectivity index (χ0) is 16.3. The molecule has 0 saturated heterocycles. The monoisotopic (exact) mass is 323 g/mol. The fourth-order valence-corrected chi connectivity index (χ4v) is 2.82. The van der Waals surface area contributed by atoms with E-state index < -0.39 is 5.24 Å². The average molecular weight is 324 g/mol. The number of quaternary nitrogens is 1. The highest BCUT2D eigenvalue weighted by molar-refractivity contribution is 6.67. The normalized spacial score (nSPS) is 13.9. The van der Waals surface area contributed by atoms with Gasteiger partial charge in [-0.05, 0) is 43.6 Å². The van der Waals surface area contributed by atoms with Gasteiger partial charge in [-0.15, -0.1) is 0 Å². The van der Waals surface area contributed by atoms with Crippen molar-refractivity contribution in [2.45, 2.75) is 20.3 Å². The van der Waals surface area contributed by atoms with Crippen molar-refractivity contribution in [3.63, 3.8) is 0 Å². The standard InChI is InChI=1S/C16H19ClN2O3/c1-3-18(4-2)8-5-9-19-15(21)12-7-6-11(14(17)20)10-13(12)16(19)22/h6-7,10H,3-5,8-9H2,1-2H3/p+1. The van der Waals surface area contributed by atoms with E-state index in [1.807, 2.05) is 0 Å². The van der Waals surface area contributed by atoms with E-state index >= 15 is 0 Å². The number of rotatable bonds is 7. The first kappa shape index (κ1) is 16.6. The van der Waals surface area contributed by atoms with E-state index in [-0.39, 0.29) is 22.9 Å². The van der Waals surface area contributed by atoms with E-state index in [2.05, 4.69) is 13.8 Å². The number of halogens is 1. The Labute approximate surface area is 134 Å². The summed E-state index contributed by atoms with van der Waals surface area (Å²) in [5.41, 5.74) is 0.851. The molecule has 1 aromatic carbocycles. The first-order valence-electron chi connectivity index (χ1n) is 7.53. The average Bonchev–Trinajstić information content (AvgIpc) is 2.75. The van der Waals surface area contributed by atoms with Gasteiger partial charge >= 0.3 is 0 Å². The second-order valence-electron chi connectivity index (χ2n) is 5.36. The molecule has 1 aliphatic heterocycles. The molecule has 0 fully saturated rings. The molecule has 0 radical (unpaired) electrons. The molecule has 0 spiro atoms. The molecule has 0 unspecified atom stereocenters. The first-order valence-corrected chi connectivity index (χ1v) is 7.91. The quantitative estimate of drug-likeness (QED) is 0.601. The molecule has 0 bridgehead atoms. The zero-order valence-electron chi connectivity index (χ0n) is 12.8. The molecule has 118 valence electrons. The van der Waals surface area contributed by atoms with Crippen LogP contribution in [-0.2, 0) is 0 Å². The van der Waals surface area contributed by atoms with Crippen LogP contribution in [0.1, 0.15) is 51.3 Å². The predicted octanol–water partition coefficient (Wildman–Crippen LogP) is 0.976. The van der Waals surface area contributed by atoms with Gasteiger partial charge in [-0.3, -0.25) is 19.3 Å². The number of hydrogen-bond acceptors (Lipinski definition) is 3. The number of amides is 2. The van der Waals surface area contributed by atoms with Crippen LogP contribution in [0.15, 0.2) is 18.2 Å². The van der Waals surface area contributed by atoms with Crippen LogP contribution in [-0.4, -0.2) is 48.1 Å². The zero-order valence-corrected chi connectivity index (χ0v) is 13.6. The second kappa shape index (κ2) is 7.03. The summed E-state index contributed by atoms with van der Waals surface area (Å²) in [5, 5.41) is -0.633. The lowest BCUT2D eigenvalue weighted by Crippen LogP contribution is -3.11. The third kappa shape index (κ3) is 3.20. The van der Waals surface area contributed by atoms with Crippen molar-refractivity contribution in [1.29, 1.82) is 0 Å². The Hall–Kier alpha value is -1.72. The maximum atomic E-state index is 12.3. The van der Waals surface area contributed by atoms with Gasteiger partial charge in [0.1, 0.15) is 0 Å². The van der Waals surface area contributed by atoms with E-state index in [0.29, 0.717) is 12.1 Å². The van der Waals surface area contributed by atoms with Crippen molar-refractivity contribution >= 4 is 28.7 Å². The molecule has 2 rings (SSSR count). The van der Waals surface area contributed by atoms with E-state index in [1.54, 1.807) is 0 Å². The molecule has 0 atom stereocenters. The molecular weight excluding hydrogens is 304 g/mol. The molecule has 22 heavy (non-hydrogen) atoms. The Morgan fingerprint density at radius 3 is 2.36 bits per heavy atom. The van der Waals surface area contributed by atoms with Crippen LogP contribution in [0.25, 0.3) is 0 Å². The van der Waals surface area contributed by atoms with Crippen LogP contribution in [0.3, 0.4) is 0 Å². The predicted molar refractivity (Wildman–Crippen MR) is 83.5 cm³/mol. The molecule has 0 aromatic heterocycles. The minimum atomic E-state index is -0.633. The smallest absolute Gasteiger partial charge is 0.261 e. The lowest BCUT2D eigenvalue weighted by atomic mass is 10.1. The summed E-state index contributed by atoms with van der Waals surface area (Å²) in [6.07, 6.45) is 0.768. The van der Waals surface area contributed by atoms with E-state index in [1.165, 1.54) is 28.0 Å². The van der Waals surface area contributed by atoms with Crippen molar-refractivity contribution in [1.82, 2.24) is 4.90 Å². The SMILES string of the molecule is CC[NH+](CC)CCCN1C(=O)c2ccc(C(=O)Cl)cc2C1=O. The minimum absolute atomic E-state index is 0.232. The van der Waals surface area contributed by atoms with Crippen molar-refractivity contribution in [3.05, 3.63) is 34.9 Å². The summed E-state index contributed by atoms with van der Waals surface area (Å²) in [6, 6.07) is 4.38. The minimum Gasteiger partial charge on any atom is -0.335 e. The number of fused-ring (bicyclic) bond motifs is 1. The molecule has 1 heterocycles. The Morgan fingerprint density at radius 1 is 1.14 bits per heavy atom. The fourth-order valence-electron chi connectivity index (χ4n) is 2.71. The van der Waals surface area contributed by atoms with Crippen LogP contribution in [0.5, 0.6) is 0 Å². The third-order valence-electron chi connectivity index (χ3n) is 4.11. The number of hydrogen-bond donors (Lipinski definition) is 1. The number of carbonyl (C=O) groups excluding carboxylic acids is 3.